The van der Waals surface area contributed by atoms with Crippen molar-refractivity contribution in [1.82, 2.24) is 10.2 Å². The van der Waals surface area contributed by atoms with Crippen LogP contribution in [0.2, 0.25) is 0 Å². The number of nitrogens with one attached hydrogen (secondary N) is 1. The lowest BCUT2D eigenvalue weighted by atomic mass is 10.1. The first-order valence-electron chi connectivity index (χ1n) is 5.96. The Morgan fingerprint density at radius 3 is 2.28 bits per heavy atom. The summed E-state index contributed by atoms with van der Waals surface area (Å²) in [5, 5.41) is 3.02. The van der Waals surface area contributed by atoms with Gasteiger partial charge in [0.05, 0.1) is 6.54 Å². The first-order valence-corrected chi connectivity index (χ1v) is 5.96. The number of nitrogens with zero attached hydrogens (tertiary/aromatic N) is 1. The molecule has 0 aliphatic carbocycles. The smallest absolute Gasteiger partial charge is 0.316 e. The SMILES string of the molecule is CCN(Cc1ccccc1CNC)CC(F)(F)F. The van der Waals surface area contributed by atoms with Crippen LogP contribution in [0.4, 0.5) is 13.2 Å². The van der Waals surface area contributed by atoms with E-state index in [9.17, 15) is 13.2 Å². The summed E-state index contributed by atoms with van der Waals surface area (Å²) in [6.45, 7) is 2.25. The number of rotatable bonds is 6. The van der Waals surface area contributed by atoms with Crippen LogP contribution in [0.3, 0.4) is 0 Å². The summed E-state index contributed by atoms with van der Waals surface area (Å²) >= 11 is 0. The van der Waals surface area contributed by atoms with Crippen molar-refractivity contribution < 1.29 is 13.2 Å². The molecular weight excluding hydrogens is 241 g/mol. The second kappa shape index (κ2) is 6.75. The van der Waals surface area contributed by atoms with Crippen LogP contribution >= 0.6 is 0 Å². The van der Waals surface area contributed by atoms with Gasteiger partial charge in [-0.15, -0.1) is 0 Å². The van der Waals surface area contributed by atoms with Crippen LogP contribution in [0.15, 0.2) is 24.3 Å². The number of hydrogen-bond acceptors (Lipinski definition) is 2. The Morgan fingerprint density at radius 1 is 1.17 bits per heavy atom. The molecule has 1 rings (SSSR count). The van der Waals surface area contributed by atoms with E-state index in [1.54, 1.807) is 6.92 Å². The largest absolute Gasteiger partial charge is 0.401 e. The Balaban J connectivity index is 2.75. The van der Waals surface area contributed by atoms with Crippen molar-refractivity contribution in [3.8, 4) is 0 Å². The predicted molar refractivity (Wildman–Crippen MR) is 66.2 cm³/mol. The van der Waals surface area contributed by atoms with Crippen LogP contribution in [0.1, 0.15) is 18.1 Å². The molecular formula is C13H19F3N2. The topological polar surface area (TPSA) is 15.3 Å². The van der Waals surface area contributed by atoms with Crippen LogP contribution in [0.25, 0.3) is 0 Å². The zero-order valence-electron chi connectivity index (χ0n) is 10.7. The molecule has 0 atom stereocenters. The molecule has 2 nitrogen and oxygen atoms in total. The first kappa shape index (κ1) is 15.0. The highest BCUT2D eigenvalue weighted by Gasteiger charge is 2.30. The Hall–Kier alpha value is -1.07. The fourth-order valence-corrected chi connectivity index (χ4v) is 1.85. The lowest BCUT2D eigenvalue weighted by Crippen LogP contribution is -2.34. The van der Waals surface area contributed by atoms with E-state index in [1.807, 2.05) is 31.3 Å². The van der Waals surface area contributed by atoms with Gasteiger partial charge in [0.25, 0.3) is 0 Å². The molecule has 1 aromatic carbocycles. The van der Waals surface area contributed by atoms with Gasteiger partial charge in [-0.25, -0.2) is 0 Å². The van der Waals surface area contributed by atoms with Crippen LogP contribution < -0.4 is 5.32 Å². The lowest BCUT2D eigenvalue weighted by Gasteiger charge is -2.23. The van der Waals surface area contributed by atoms with Gasteiger partial charge in [0.2, 0.25) is 0 Å². The van der Waals surface area contributed by atoms with Crippen LogP contribution in [-0.2, 0) is 13.1 Å². The van der Waals surface area contributed by atoms with Gasteiger partial charge in [-0.2, -0.15) is 13.2 Å². The highest BCUT2D eigenvalue weighted by molar-refractivity contribution is 5.26. The molecule has 1 N–H and O–H groups in total. The van der Waals surface area contributed by atoms with Gasteiger partial charge >= 0.3 is 6.18 Å². The van der Waals surface area contributed by atoms with Gasteiger partial charge < -0.3 is 5.32 Å². The van der Waals surface area contributed by atoms with Gasteiger partial charge in [0.1, 0.15) is 0 Å². The molecule has 0 aromatic heterocycles. The van der Waals surface area contributed by atoms with Crippen molar-refractivity contribution in [2.75, 3.05) is 20.1 Å². The van der Waals surface area contributed by atoms with E-state index in [1.165, 1.54) is 4.90 Å². The molecule has 0 saturated carbocycles. The lowest BCUT2D eigenvalue weighted by molar-refractivity contribution is -0.146. The second-order valence-corrected chi connectivity index (χ2v) is 4.22. The molecule has 0 bridgehead atoms. The van der Waals surface area contributed by atoms with E-state index in [0.717, 1.165) is 11.1 Å². The zero-order chi connectivity index (χ0) is 13.6. The summed E-state index contributed by atoms with van der Waals surface area (Å²) in [7, 11) is 1.82. The van der Waals surface area contributed by atoms with E-state index in [-0.39, 0.29) is 0 Å². The maximum absolute atomic E-state index is 12.4. The maximum Gasteiger partial charge on any atom is 0.401 e. The van der Waals surface area contributed by atoms with Crippen molar-refractivity contribution in [2.45, 2.75) is 26.2 Å². The van der Waals surface area contributed by atoms with E-state index in [4.69, 9.17) is 0 Å². The summed E-state index contributed by atoms with van der Waals surface area (Å²) < 4.78 is 37.2. The molecule has 0 spiro atoms. The van der Waals surface area contributed by atoms with Crippen molar-refractivity contribution in [2.24, 2.45) is 0 Å². The standard InChI is InChI=1S/C13H19F3N2/c1-3-18(10-13(14,15)16)9-12-7-5-4-6-11(12)8-17-2/h4-7,17H,3,8-10H2,1-2H3. The molecule has 0 fully saturated rings. The molecule has 102 valence electrons. The average Bonchev–Trinajstić information content (AvgIpc) is 2.29. The van der Waals surface area contributed by atoms with Crippen LogP contribution in [0.5, 0.6) is 0 Å². The summed E-state index contributed by atoms with van der Waals surface area (Å²) in [4.78, 5) is 1.40. The zero-order valence-corrected chi connectivity index (χ0v) is 10.7. The van der Waals surface area contributed by atoms with Crippen molar-refractivity contribution in [3.05, 3.63) is 35.4 Å². The fraction of sp³-hybridized carbons (Fsp3) is 0.538. The average molecular weight is 260 g/mol. The van der Waals surface area contributed by atoms with Crippen LogP contribution in [-0.4, -0.2) is 31.2 Å². The Bertz CT molecular complexity index is 363. The number of benzene rings is 1. The van der Waals surface area contributed by atoms with Gasteiger partial charge in [-0.05, 0) is 24.7 Å². The highest BCUT2D eigenvalue weighted by atomic mass is 19.4. The molecule has 0 aliphatic rings. The third-order valence-electron chi connectivity index (χ3n) is 2.73. The first-order chi connectivity index (χ1) is 8.46. The third-order valence-corrected chi connectivity index (χ3v) is 2.73. The van der Waals surface area contributed by atoms with Crippen LogP contribution in [0, 0.1) is 0 Å². The van der Waals surface area contributed by atoms with Gasteiger partial charge in [-0.3, -0.25) is 4.90 Å². The monoisotopic (exact) mass is 260 g/mol. The van der Waals surface area contributed by atoms with Gasteiger partial charge in [0.15, 0.2) is 0 Å². The highest BCUT2D eigenvalue weighted by Crippen LogP contribution is 2.19. The minimum Gasteiger partial charge on any atom is -0.316 e. The molecule has 0 aliphatic heterocycles. The van der Waals surface area contributed by atoms with E-state index in [0.29, 0.717) is 19.6 Å². The van der Waals surface area contributed by atoms with E-state index in [2.05, 4.69) is 5.32 Å². The maximum atomic E-state index is 12.4. The Morgan fingerprint density at radius 2 is 1.78 bits per heavy atom. The summed E-state index contributed by atoms with van der Waals surface area (Å²) in [6.07, 6.45) is -4.14. The Labute approximate surface area is 106 Å². The van der Waals surface area contributed by atoms with Gasteiger partial charge in [0, 0.05) is 13.1 Å². The molecule has 5 heteroatoms. The van der Waals surface area contributed by atoms with Crippen molar-refractivity contribution in [1.29, 1.82) is 0 Å². The molecule has 0 heterocycles. The van der Waals surface area contributed by atoms with E-state index < -0.39 is 12.7 Å². The normalized spacial score (nSPS) is 12.1. The summed E-state index contributed by atoms with van der Waals surface area (Å²) in [5.41, 5.74) is 1.98. The number of hydrogen-bond donors (Lipinski definition) is 1. The minimum absolute atomic E-state index is 0.327. The molecule has 0 amide bonds. The molecule has 18 heavy (non-hydrogen) atoms. The van der Waals surface area contributed by atoms with Crippen molar-refractivity contribution >= 4 is 0 Å². The predicted octanol–water partition coefficient (Wildman–Crippen LogP) is 2.79. The molecule has 0 unspecified atom stereocenters. The summed E-state index contributed by atoms with van der Waals surface area (Å²) in [5.74, 6) is 0. The third kappa shape index (κ3) is 5.06. The summed E-state index contributed by atoms with van der Waals surface area (Å²) in [6, 6.07) is 7.57. The molecule has 0 saturated heterocycles. The quantitative estimate of drug-likeness (QED) is 0.846. The number of alkyl halides is 3. The fourth-order valence-electron chi connectivity index (χ4n) is 1.85. The van der Waals surface area contributed by atoms with Crippen molar-refractivity contribution in [3.63, 3.8) is 0 Å². The minimum atomic E-state index is -4.14. The second-order valence-electron chi connectivity index (χ2n) is 4.22. The molecule has 1 aromatic rings. The van der Waals surface area contributed by atoms with E-state index >= 15 is 0 Å². The number of halogens is 3. The Kier molecular flexibility index (Phi) is 5.62. The molecule has 0 radical (unpaired) electrons. The van der Waals surface area contributed by atoms with Gasteiger partial charge in [-0.1, -0.05) is 31.2 Å².